The van der Waals surface area contributed by atoms with Gasteiger partial charge in [0.1, 0.15) is 12.2 Å². The first kappa shape index (κ1) is 16.7. The Morgan fingerprint density at radius 3 is 2.79 bits per heavy atom. The third-order valence-corrected chi connectivity index (χ3v) is 5.28. The van der Waals surface area contributed by atoms with Crippen molar-refractivity contribution in [2.24, 2.45) is 0 Å². The van der Waals surface area contributed by atoms with Crippen LogP contribution in [0.1, 0.15) is 18.4 Å². The zero-order valence-electron chi connectivity index (χ0n) is 15.6. The van der Waals surface area contributed by atoms with E-state index in [2.05, 4.69) is 16.3 Å². The zero-order chi connectivity index (χ0) is 19.1. The van der Waals surface area contributed by atoms with Crippen LogP contribution in [-0.4, -0.2) is 27.2 Å². The molecular weight excluding hydrogens is 352 g/mol. The van der Waals surface area contributed by atoms with Gasteiger partial charge in [-0.05, 0) is 30.2 Å². The largest absolute Gasteiger partial charge is 0.419 e. The summed E-state index contributed by atoms with van der Waals surface area (Å²) in [5, 5.41) is 9.32. The van der Waals surface area contributed by atoms with Crippen molar-refractivity contribution >= 4 is 22.5 Å². The lowest BCUT2D eigenvalue weighted by molar-refractivity contribution is -0.119. The molecule has 1 amide bonds. The maximum absolute atomic E-state index is 13.2. The van der Waals surface area contributed by atoms with Gasteiger partial charge in [-0.2, -0.15) is 0 Å². The molecule has 1 aliphatic rings. The number of aryl methyl sites for hydroxylation is 1. The van der Waals surface area contributed by atoms with Crippen molar-refractivity contribution in [1.82, 2.24) is 14.8 Å². The first-order chi connectivity index (χ1) is 13.7. The van der Waals surface area contributed by atoms with Crippen molar-refractivity contribution in [1.29, 1.82) is 0 Å². The number of benzene rings is 2. The van der Waals surface area contributed by atoms with Gasteiger partial charge in [0.2, 0.25) is 11.8 Å². The highest BCUT2D eigenvalue weighted by Gasteiger charge is 2.26. The van der Waals surface area contributed by atoms with E-state index in [9.17, 15) is 4.79 Å². The van der Waals surface area contributed by atoms with E-state index in [-0.39, 0.29) is 12.5 Å². The third kappa shape index (κ3) is 2.69. The minimum atomic E-state index is 0.0581. The SMILES string of the molecule is CCc1nnc(-c2cc3ccccc3n2CC(=O)N2CCc3ccccc32)o1. The molecule has 6 nitrogen and oxygen atoms in total. The number of para-hydroxylation sites is 2. The number of carbonyl (C=O) groups is 1. The molecule has 3 heterocycles. The van der Waals surface area contributed by atoms with Crippen LogP contribution in [0.5, 0.6) is 0 Å². The molecule has 2 aromatic carbocycles. The molecule has 0 unspecified atom stereocenters. The number of hydrogen-bond acceptors (Lipinski definition) is 4. The van der Waals surface area contributed by atoms with Gasteiger partial charge >= 0.3 is 0 Å². The van der Waals surface area contributed by atoms with E-state index in [1.807, 2.05) is 64.9 Å². The molecule has 2 aromatic heterocycles. The summed E-state index contributed by atoms with van der Waals surface area (Å²) in [5.74, 6) is 1.09. The van der Waals surface area contributed by atoms with Gasteiger partial charge in [0.15, 0.2) is 0 Å². The van der Waals surface area contributed by atoms with Gasteiger partial charge in [0, 0.05) is 29.6 Å². The Morgan fingerprint density at radius 2 is 1.93 bits per heavy atom. The fraction of sp³-hybridized carbons (Fsp3) is 0.227. The van der Waals surface area contributed by atoms with Crippen molar-refractivity contribution in [2.75, 3.05) is 11.4 Å². The highest BCUT2D eigenvalue weighted by molar-refractivity contribution is 5.97. The molecule has 0 bridgehead atoms. The minimum Gasteiger partial charge on any atom is -0.419 e. The molecule has 0 saturated heterocycles. The lowest BCUT2D eigenvalue weighted by atomic mass is 10.2. The summed E-state index contributed by atoms with van der Waals surface area (Å²) >= 11 is 0. The van der Waals surface area contributed by atoms with Gasteiger partial charge in [0.25, 0.3) is 5.89 Å². The second kappa shape index (κ2) is 6.64. The van der Waals surface area contributed by atoms with Crippen molar-refractivity contribution in [2.45, 2.75) is 26.3 Å². The normalized spacial score (nSPS) is 13.2. The van der Waals surface area contributed by atoms with Crippen LogP contribution in [-0.2, 0) is 24.2 Å². The van der Waals surface area contributed by atoms with Crippen molar-refractivity contribution in [3.8, 4) is 11.6 Å². The molecule has 1 aliphatic heterocycles. The Hall–Kier alpha value is -3.41. The predicted octanol–water partition coefficient (Wildman–Crippen LogP) is 3.84. The summed E-state index contributed by atoms with van der Waals surface area (Å²) in [5.41, 5.74) is 3.98. The number of rotatable bonds is 4. The number of carbonyl (C=O) groups excluding carboxylic acids is 1. The highest BCUT2D eigenvalue weighted by Crippen LogP contribution is 2.30. The Kier molecular flexibility index (Phi) is 3.97. The van der Waals surface area contributed by atoms with E-state index in [1.54, 1.807) is 0 Å². The van der Waals surface area contributed by atoms with Gasteiger partial charge in [-0.15, -0.1) is 10.2 Å². The molecule has 0 saturated carbocycles. The van der Waals surface area contributed by atoms with Gasteiger partial charge in [-0.25, -0.2) is 0 Å². The number of hydrogen-bond donors (Lipinski definition) is 0. The summed E-state index contributed by atoms with van der Waals surface area (Å²) in [4.78, 5) is 15.1. The molecule has 0 radical (unpaired) electrons. The van der Waals surface area contributed by atoms with E-state index < -0.39 is 0 Å². The van der Waals surface area contributed by atoms with Crippen LogP contribution in [0.25, 0.3) is 22.5 Å². The first-order valence-electron chi connectivity index (χ1n) is 9.54. The third-order valence-electron chi connectivity index (χ3n) is 5.28. The number of nitrogens with zero attached hydrogens (tertiary/aromatic N) is 4. The quantitative estimate of drug-likeness (QED) is 0.546. The summed E-state index contributed by atoms with van der Waals surface area (Å²) < 4.78 is 7.76. The number of amides is 1. The topological polar surface area (TPSA) is 64.2 Å². The predicted molar refractivity (Wildman–Crippen MR) is 107 cm³/mol. The van der Waals surface area contributed by atoms with Gasteiger partial charge in [-0.3, -0.25) is 4.79 Å². The fourth-order valence-electron chi connectivity index (χ4n) is 3.88. The Balaban J connectivity index is 1.55. The fourth-order valence-corrected chi connectivity index (χ4v) is 3.88. The van der Waals surface area contributed by atoms with Gasteiger partial charge in [-0.1, -0.05) is 43.3 Å². The molecule has 6 heteroatoms. The number of anilines is 1. The van der Waals surface area contributed by atoms with Crippen molar-refractivity contribution in [3.05, 3.63) is 66.1 Å². The number of aromatic nitrogens is 3. The van der Waals surface area contributed by atoms with Crippen LogP contribution in [0.15, 0.2) is 59.0 Å². The van der Waals surface area contributed by atoms with Crippen LogP contribution in [0.2, 0.25) is 0 Å². The second-order valence-corrected chi connectivity index (χ2v) is 6.95. The summed E-state index contributed by atoms with van der Waals surface area (Å²) in [6, 6.07) is 18.1. The average Bonchev–Trinajstić information content (AvgIpc) is 3.44. The molecule has 0 atom stereocenters. The van der Waals surface area contributed by atoms with E-state index in [4.69, 9.17) is 4.42 Å². The summed E-state index contributed by atoms with van der Waals surface area (Å²) in [6.45, 7) is 2.91. The van der Waals surface area contributed by atoms with Crippen LogP contribution >= 0.6 is 0 Å². The average molecular weight is 372 g/mol. The Morgan fingerprint density at radius 1 is 1.11 bits per heavy atom. The van der Waals surface area contributed by atoms with E-state index in [1.165, 1.54) is 5.56 Å². The molecule has 4 aromatic rings. The van der Waals surface area contributed by atoms with Gasteiger partial charge in [0.05, 0.1) is 0 Å². The van der Waals surface area contributed by atoms with E-state index in [0.29, 0.717) is 24.7 Å². The molecule has 0 N–H and O–H groups in total. The second-order valence-electron chi connectivity index (χ2n) is 6.95. The summed E-state index contributed by atoms with van der Waals surface area (Å²) in [6.07, 6.45) is 1.57. The maximum Gasteiger partial charge on any atom is 0.264 e. The molecule has 0 spiro atoms. The Bertz CT molecular complexity index is 1170. The van der Waals surface area contributed by atoms with E-state index >= 15 is 0 Å². The van der Waals surface area contributed by atoms with Crippen molar-refractivity contribution in [3.63, 3.8) is 0 Å². The lowest BCUT2D eigenvalue weighted by Gasteiger charge is -2.19. The molecule has 0 fully saturated rings. The maximum atomic E-state index is 13.2. The minimum absolute atomic E-state index is 0.0581. The van der Waals surface area contributed by atoms with Crippen LogP contribution < -0.4 is 4.90 Å². The monoisotopic (exact) mass is 372 g/mol. The summed E-state index contributed by atoms with van der Waals surface area (Å²) in [7, 11) is 0. The molecule has 28 heavy (non-hydrogen) atoms. The van der Waals surface area contributed by atoms with Crippen LogP contribution in [0.4, 0.5) is 5.69 Å². The van der Waals surface area contributed by atoms with E-state index in [0.717, 1.165) is 28.7 Å². The lowest BCUT2D eigenvalue weighted by Crippen LogP contribution is -2.32. The molecular formula is C22H20N4O2. The first-order valence-corrected chi connectivity index (χ1v) is 9.54. The zero-order valence-corrected chi connectivity index (χ0v) is 15.6. The molecule has 140 valence electrons. The molecule has 0 aliphatic carbocycles. The number of fused-ring (bicyclic) bond motifs is 2. The van der Waals surface area contributed by atoms with Crippen LogP contribution in [0, 0.1) is 0 Å². The molecule has 5 rings (SSSR count). The van der Waals surface area contributed by atoms with Crippen LogP contribution in [0.3, 0.4) is 0 Å². The smallest absolute Gasteiger partial charge is 0.264 e. The van der Waals surface area contributed by atoms with Crippen molar-refractivity contribution < 1.29 is 9.21 Å². The van der Waals surface area contributed by atoms with Gasteiger partial charge < -0.3 is 13.9 Å². The Labute approximate surface area is 162 Å². The standard InChI is InChI=1S/C22H20N4O2/c1-2-20-23-24-22(28-20)19-13-16-8-4-6-10-18(16)26(19)14-21(27)25-12-11-15-7-3-5-9-17(15)25/h3-10,13H,2,11-12,14H2,1H3. The highest BCUT2D eigenvalue weighted by atomic mass is 16.4.